The Morgan fingerprint density at radius 3 is 2.19 bits per heavy atom. The van der Waals surface area contributed by atoms with Crippen molar-refractivity contribution in [2.75, 3.05) is 0 Å². The van der Waals surface area contributed by atoms with Crippen LogP contribution < -0.4 is 0 Å². The third-order valence-electron chi connectivity index (χ3n) is 6.15. The summed E-state index contributed by atoms with van der Waals surface area (Å²) in [6.07, 6.45) is 1.99. The first-order valence-electron chi connectivity index (χ1n) is 11.8. The van der Waals surface area contributed by atoms with E-state index in [0.29, 0.717) is 23.0 Å². The maximum atomic E-state index is 13.6. The summed E-state index contributed by atoms with van der Waals surface area (Å²) in [6.45, 7) is 5.16. The Morgan fingerprint density at radius 1 is 0.889 bits per heavy atom. The van der Waals surface area contributed by atoms with E-state index < -0.39 is 0 Å². The zero-order valence-electron chi connectivity index (χ0n) is 20.2. The summed E-state index contributed by atoms with van der Waals surface area (Å²) in [5.74, 6) is -0.0213. The van der Waals surface area contributed by atoms with Crippen LogP contribution in [0.1, 0.15) is 28.1 Å². The monoisotopic (exact) mass is 511 g/mol. The van der Waals surface area contributed by atoms with Gasteiger partial charge >= 0.3 is 0 Å². The lowest BCUT2D eigenvalue weighted by Gasteiger charge is -2.15. The van der Waals surface area contributed by atoms with Crippen LogP contribution in [0.15, 0.2) is 101 Å². The Morgan fingerprint density at radius 2 is 1.53 bits per heavy atom. The average Bonchev–Trinajstić information content (AvgIpc) is 3.34. The van der Waals surface area contributed by atoms with Gasteiger partial charge < -0.3 is 4.57 Å². The third-order valence-corrected chi connectivity index (χ3v) is 7.45. The summed E-state index contributed by atoms with van der Waals surface area (Å²) in [7, 11) is 0. The number of carbonyl (C=O) groups is 1. The number of aromatic nitrogens is 1. The highest BCUT2D eigenvalue weighted by molar-refractivity contribution is 8.18. The molecule has 0 radical (unpaired) electrons. The van der Waals surface area contributed by atoms with Crippen LogP contribution in [0.3, 0.4) is 0 Å². The van der Waals surface area contributed by atoms with Crippen LogP contribution in [-0.4, -0.2) is 20.5 Å². The van der Waals surface area contributed by atoms with Crippen LogP contribution in [0.2, 0.25) is 5.02 Å². The number of aryl methyl sites for hydroxylation is 1. The van der Waals surface area contributed by atoms with Gasteiger partial charge in [0.1, 0.15) is 0 Å². The van der Waals surface area contributed by atoms with Crippen molar-refractivity contribution >= 4 is 40.5 Å². The van der Waals surface area contributed by atoms with Gasteiger partial charge in [0.25, 0.3) is 5.91 Å². The topological polar surface area (TPSA) is 37.6 Å². The molecule has 6 heteroatoms. The van der Waals surface area contributed by atoms with Gasteiger partial charge in [-0.3, -0.25) is 14.7 Å². The maximum absolute atomic E-state index is 13.6. The summed E-state index contributed by atoms with van der Waals surface area (Å²) in [6, 6.07) is 30.1. The van der Waals surface area contributed by atoms with Crippen molar-refractivity contribution in [3.05, 3.63) is 129 Å². The lowest BCUT2D eigenvalue weighted by atomic mass is 10.2. The van der Waals surface area contributed by atoms with E-state index in [4.69, 9.17) is 16.6 Å². The molecule has 0 spiro atoms. The van der Waals surface area contributed by atoms with E-state index in [0.717, 1.165) is 38.9 Å². The van der Waals surface area contributed by atoms with Crippen LogP contribution in [0.4, 0.5) is 0 Å². The first-order chi connectivity index (χ1) is 17.5. The molecule has 0 atom stereocenters. The average molecular weight is 512 g/mol. The van der Waals surface area contributed by atoms with Gasteiger partial charge in [-0.2, -0.15) is 0 Å². The molecular weight excluding hydrogens is 486 g/mol. The molecule has 1 aromatic heterocycles. The van der Waals surface area contributed by atoms with E-state index in [9.17, 15) is 4.79 Å². The number of rotatable bonds is 6. The second-order valence-corrected chi connectivity index (χ2v) is 10.2. The third kappa shape index (κ3) is 5.18. The van der Waals surface area contributed by atoms with Crippen LogP contribution in [0.5, 0.6) is 0 Å². The second kappa shape index (κ2) is 10.6. The molecule has 36 heavy (non-hydrogen) atoms. The fourth-order valence-corrected chi connectivity index (χ4v) is 5.43. The summed E-state index contributed by atoms with van der Waals surface area (Å²) in [5, 5.41) is 1.43. The predicted molar refractivity (Wildman–Crippen MR) is 150 cm³/mol. The molecule has 1 aliphatic heterocycles. The SMILES string of the molecule is Cc1cc(/C=C2\SC(=NCc3ccccc3)N(Cc3ccccc3)C2=O)c(C)n1-c1ccc(Cl)cc1. The van der Waals surface area contributed by atoms with Crippen molar-refractivity contribution in [1.82, 2.24) is 9.47 Å². The van der Waals surface area contributed by atoms with Gasteiger partial charge in [0.15, 0.2) is 5.17 Å². The molecule has 1 amide bonds. The summed E-state index contributed by atoms with van der Waals surface area (Å²) < 4.78 is 2.18. The molecule has 0 N–H and O–H groups in total. The Bertz CT molecular complexity index is 1440. The first kappa shape index (κ1) is 24.2. The summed E-state index contributed by atoms with van der Waals surface area (Å²) in [5.41, 5.74) is 6.40. The molecule has 3 aromatic carbocycles. The highest BCUT2D eigenvalue weighted by atomic mass is 35.5. The van der Waals surface area contributed by atoms with Crippen molar-refractivity contribution < 1.29 is 4.79 Å². The minimum absolute atomic E-state index is 0.0213. The number of hydrogen-bond acceptors (Lipinski definition) is 3. The van der Waals surface area contributed by atoms with Crippen molar-refractivity contribution in [2.45, 2.75) is 26.9 Å². The second-order valence-electron chi connectivity index (χ2n) is 8.71. The number of hydrogen-bond donors (Lipinski definition) is 0. The standard InChI is InChI=1S/C30H26ClN3OS/c1-21-17-25(22(2)34(21)27-15-13-26(31)14-16-27)18-28-29(35)33(20-24-11-7-4-8-12-24)30(36-28)32-19-23-9-5-3-6-10-23/h3-18H,19-20H2,1-2H3/b28-18-,32-30?. The van der Waals surface area contributed by atoms with Gasteiger partial charge in [0, 0.05) is 22.1 Å². The fourth-order valence-electron chi connectivity index (χ4n) is 4.34. The normalized spacial score (nSPS) is 15.9. The molecule has 1 fully saturated rings. The lowest BCUT2D eigenvalue weighted by molar-refractivity contribution is -0.122. The van der Waals surface area contributed by atoms with E-state index >= 15 is 0 Å². The maximum Gasteiger partial charge on any atom is 0.267 e. The molecule has 1 saturated heterocycles. The highest BCUT2D eigenvalue weighted by Gasteiger charge is 2.33. The molecule has 0 bridgehead atoms. The fraction of sp³-hybridized carbons (Fsp3) is 0.133. The Labute approximate surface area is 220 Å². The molecule has 5 rings (SSSR count). The van der Waals surface area contributed by atoms with Crippen LogP contribution in [0.25, 0.3) is 11.8 Å². The minimum Gasteiger partial charge on any atom is -0.318 e. The van der Waals surface area contributed by atoms with E-state index in [1.807, 2.05) is 78.9 Å². The molecule has 4 nitrogen and oxygen atoms in total. The largest absolute Gasteiger partial charge is 0.318 e. The zero-order valence-corrected chi connectivity index (χ0v) is 21.8. The van der Waals surface area contributed by atoms with E-state index in [-0.39, 0.29) is 5.91 Å². The van der Waals surface area contributed by atoms with Crippen LogP contribution in [-0.2, 0) is 17.9 Å². The van der Waals surface area contributed by atoms with Crippen molar-refractivity contribution in [2.24, 2.45) is 4.99 Å². The number of halogens is 1. The number of amidine groups is 1. The molecule has 180 valence electrons. The van der Waals surface area contributed by atoms with Gasteiger partial charge in [0.05, 0.1) is 18.0 Å². The predicted octanol–water partition coefficient (Wildman–Crippen LogP) is 7.42. The molecular formula is C30H26ClN3OS. The molecule has 0 aliphatic carbocycles. The van der Waals surface area contributed by atoms with Gasteiger partial charge in [-0.1, -0.05) is 72.3 Å². The number of nitrogens with zero attached hydrogens (tertiary/aromatic N) is 3. The number of benzene rings is 3. The van der Waals surface area contributed by atoms with Crippen LogP contribution in [0, 0.1) is 13.8 Å². The van der Waals surface area contributed by atoms with Gasteiger partial charge in [0.2, 0.25) is 0 Å². The molecule has 2 heterocycles. The van der Waals surface area contributed by atoms with Crippen molar-refractivity contribution in [3.8, 4) is 5.69 Å². The van der Waals surface area contributed by atoms with E-state index in [1.54, 1.807) is 4.90 Å². The van der Waals surface area contributed by atoms with Gasteiger partial charge in [-0.05, 0) is 78.7 Å². The number of aliphatic imine (C=N–C) groups is 1. The Balaban J connectivity index is 1.48. The Hall–Kier alpha value is -3.54. The molecule has 4 aromatic rings. The van der Waals surface area contributed by atoms with Crippen molar-refractivity contribution in [3.63, 3.8) is 0 Å². The van der Waals surface area contributed by atoms with Crippen LogP contribution >= 0.6 is 23.4 Å². The lowest BCUT2D eigenvalue weighted by Crippen LogP contribution is -2.28. The van der Waals surface area contributed by atoms with E-state index in [2.05, 4.69) is 36.6 Å². The quantitative estimate of drug-likeness (QED) is 0.252. The van der Waals surface area contributed by atoms with Crippen molar-refractivity contribution in [1.29, 1.82) is 0 Å². The number of amides is 1. The molecule has 1 aliphatic rings. The number of carbonyl (C=O) groups excluding carboxylic acids is 1. The minimum atomic E-state index is -0.0213. The first-order valence-corrected chi connectivity index (χ1v) is 13.0. The van der Waals surface area contributed by atoms with Gasteiger partial charge in [-0.25, -0.2) is 0 Å². The number of thioether (sulfide) groups is 1. The molecule has 0 unspecified atom stereocenters. The Kier molecular flexibility index (Phi) is 7.12. The van der Waals surface area contributed by atoms with Gasteiger partial charge in [-0.15, -0.1) is 0 Å². The molecule has 0 saturated carbocycles. The van der Waals surface area contributed by atoms with E-state index in [1.165, 1.54) is 11.8 Å². The zero-order chi connectivity index (χ0) is 25.1. The summed E-state index contributed by atoms with van der Waals surface area (Å²) >= 11 is 7.53. The summed E-state index contributed by atoms with van der Waals surface area (Å²) in [4.78, 5) is 20.9. The highest BCUT2D eigenvalue weighted by Crippen LogP contribution is 2.35. The smallest absolute Gasteiger partial charge is 0.267 e.